The van der Waals surface area contributed by atoms with Crippen LogP contribution >= 0.6 is 11.6 Å². The van der Waals surface area contributed by atoms with Gasteiger partial charge in [-0.05, 0) is 31.0 Å². The fraction of sp³-hybridized carbons (Fsp3) is 0.462. The lowest BCUT2D eigenvalue weighted by Crippen LogP contribution is -2.42. The maximum atomic E-state index is 9.46. The smallest absolute Gasteiger partial charge is 0.192 e. The van der Waals surface area contributed by atoms with Crippen molar-refractivity contribution in [3.05, 3.63) is 28.8 Å². The summed E-state index contributed by atoms with van der Waals surface area (Å²) in [4.78, 5) is 6.43. The largest absolute Gasteiger partial charge is 0.506 e. The number of nitrogens with two attached hydrogens (primary N) is 1. The number of phenolic OH excluding ortho intramolecular Hbond substituents is 1. The van der Waals surface area contributed by atoms with E-state index in [9.17, 15) is 5.11 Å². The van der Waals surface area contributed by atoms with Gasteiger partial charge in [-0.15, -0.1) is 0 Å². The van der Waals surface area contributed by atoms with Crippen molar-refractivity contribution in [3.8, 4) is 5.75 Å². The second-order valence-electron chi connectivity index (χ2n) is 4.59. The number of aromatic hydroxyl groups is 1. The van der Waals surface area contributed by atoms with E-state index in [2.05, 4.69) is 23.7 Å². The third-order valence-corrected chi connectivity index (χ3v) is 3.75. The molecule has 3 N–H and O–H groups in total. The van der Waals surface area contributed by atoms with Gasteiger partial charge in [-0.2, -0.15) is 0 Å². The lowest BCUT2D eigenvalue weighted by molar-refractivity contribution is 0.268. The Balaban J connectivity index is 2.30. The molecule has 0 aromatic heterocycles. The molecule has 18 heavy (non-hydrogen) atoms. The standard InChI is InChI=1S/C13H18ClN3O/c1-3-8(2)17-11(7-16-13(17)15)9-4-5-12(18)10(14)6-9/h4-6,8,11,18H,3,7H2,1-2H3,(H2,15,16). The molecule has 2 rings (SSSR count). The first-order chi connectivity index (χ1) is 8.54. The molecule has 0 spiro atoms. The molecule has 0 aliphatic carbocycles. The Bertz CT molecular complexity index is 475. The number of hydrogen-bond donors (Lipinski definition) is 2. The minimum atomic E-state index is 0.0994. The first-order valence-corrected chi connectivity index (χ1v) is 6.49. The maximum Gasteiger partial charge on any atom is 0.192 e. The highest BCUT2D eigenvalue weighted by Crippen LogP contribution is 2.32. The van der Waals surface area contributed by atoms with Gasteiger partial charge in [0.1, 0.15) is 5.75 Å². The second kappa shape index (κ2) is 5.06. The third kappa shape index (κ3) is 2.25. The molecule has 0 saturated carbocycles. The fourth-order valence-electron chi connectivity index (χ4n) is 2.24. The molecule has 0 bridgehead atoms. The minimum Gasteiger partial charge on any atom is -0.506 e. The van der Waals surface area contributed by atoms with E-state index in [-0.39, 0.29) is 11.8 Å². The molecule has 5 heteroatoms. The Kier molecular flexibility index (Phi) is 3.66. The van der Waals surface area contributed by atoms with Crippen LogP contribution in [0.25, 0.3) is 0 Å². The van der Waals surface area contributed by atoms with Gasteiger partial charge in [0.05, 0.1) is 17.6 Å². The minimum absolute atomic E-state index is 0.0994. The van der Waals surface area contributed by atoms with Gasteiger partial charge >= 0.3 is 0 Å². The molecule has 4 nitrogen and oxygen atoms in total. The summed E-state index contributed by atoms with van der Waals surface area (Å²) in [5.41, 5.74) is 6.97. The molecular weight excluding hydrogens is 250 g/mol. The molecule has 1 aliphatic heterocycles. The summed E-state index contributed by atoms with van der Waals surface area (Å²) in [5.74, 6) is 0.681. The van der Waals surface area contributed by atoms with Gasteiger partial charge < -0.3 is 15.7 Å². The number of nitrogens with zero attached hydrogens (tertiary/aromatic N) is 2. The average Bonchev–Trinajstić information content (AvgIpc) is 2.74. The highest BCUT2D eigenvalue weighted by Gasteiger charge is 2.30. The number of benzene rings is 1. The molecule has 2 unspecified atom stereocenters. The molecule has 98 valence electrons. The summed E-state index contributed by atoms with van der Waals surface area (Å²) in [5, 5.41) is 9.82. The Hall–Kier alpha value is -1.42. The number of aliphatic imine (C=N–C) groups is 1. The molecular formula is C13H18ClN3O. The first kappa shape index (κ1) is 13.0. The predicted molar refractivity (Wildman–Crippen MR) is 73.9 cm³/mol. The van der Waals surface area contributed by atoms with Crippen LogP contribution in [0.5, 0.6) is 5.75 Å². The van der Waals surface area contributed by atoms with Gasteiger partial charge in [0.25, 0.3) is 0 Å². The monoisotopic (exact) mass is 267 g/mol. The molecule has 1 aromatic rings. The molecule has 0 radical (unpaired) electrons. The van der Waals surface area contributed by atoms with Gasteiger partial charge in [-0.1, -0.05) is 24.6 Å². The molecule has 1 heterocycles. The van der Waals surface area contributed by atoms with Crippen LogP contribution in [0.2, 0.25) is 5.02 Å². The number of rotatable bonds is 3. The summed E-state index contributed by atoms with van der Waals surface area (Å²) in [6.45, 7) is 4.89. The van der Waals surface area contributed by atoms with E-state index in [1.807, 2.05) is 6.07 Å². The molecule has 0 amide bonds. The summed E-state index contributed by atoms with van der Waals surface area (Å²) in [6, 6.07) is 5.70. The Morgan fingerprint density at radius 2 is 2.33 bits per heavy atom. The number of guanidine groups is 1. The van der Waals surface area contributed by atoms with Crippen LogP contribution in [0.15, 0.2) is 23.2 Å². The van der Waals surface area contributed by atoms with Crippen LogP contribution in [-0.4, -0.2) is 28.6 Å². The molecule has 1 aliphatic rings. The highest BCUT2D eigenvalue weighted by molar-refractivity contribution is 6.32. The van der Waals surface area contributed by atoms with E-state index in [0.29, 0.717) is 23.6 Å². The van der Waals surface area contributed by atoms with E-state index in [1.54, 1.807) is 12.1 Å². The molecule has 0 saturated heterocycles. The SMILES string of the molecule is CCC(C)N1C(N)=NCC1c1ccc(O)c(Cl)c1. The van der Waals surface area contributed by atoms with Crippen molar-refractivity contribution < 1.29 is 5.11 Å². The van der Waals surface area contributed by atoms with Crippen molar-refractivity contribution >= 4 is 17.6 Å². The van der Waals surface area contributed by atoms with Crippen LogP contribution in [0.4, 0.5) is 0 Å². The predicted octanol–water partition coefficient (Wildman–Crippen LogP) is 2.52. The van der Waals surface area contributed by atoms with Crippen molar-refractivity contribution in [2.24, 2.45) is 10.7 Å². The van der Waals surface area contributed by atoms with Gasteiger partial charge in [0.2, 0.25) is 0 Å². The Labute approximate surface area is 112 Å². The quantitative estimate of drug-likeness (QED) is 0.885. The van der Waals surface area contributed by atoms with Crippen molar-refractivity contribution in [1.29, 1.82) is 0 Å². The first-order valence-electron chi connectivity index (χ1n) is 6.11. The highest BCUT2D eigenvalue weighted by atomic mass is 35.5. The summed E-state index contributed by atoms with van der Waals surface area (Å²) in [7, 11) is 0. The Morgan fingerprint density at radius 3 is 2.94 bits per heavy atom. The van der Waals surface area contributed by atoms with Crippen LogP contribution in [0.3, 0.4) is 0 Å². The molecule has 2 atom stereocenters. The summed E-state index contributed by atoms with van der Waals surface area (Å²) >= 11 is 5.95. The second-order valence-corrected chi connectivity index (χ2v) is 5.00. The van der Waals surface area contributed by atoms with E-state index in [0.717, 1.165) is 12.0 Å². The van der Waals surface area contributed by atoms with Crippen molar-refractivity contribution in [1.82, 2.24) is 4.90 Å². The van der Waals surface area contributed by atoms with E-state index < -0.39 is 0 Å². The van der Waals surface area contributed by atoms with Crippen molar-refractivity contribution in [3.63, 3.8) is 0 Å². The zero-order valence-corrected chi connectivity index (χ0v) is 11.4. The summed E-state index contributed by atoms with van der Waals surface area (Å²) < 4.78 is 0. The van der Waals surface area contributed by atoms with Crippen LogP contribution in [-0.2, 0) is 0 Å². The number of hydrogen-bond acceptors (Lipinski definition) is 4. The zero-order valence-electron chi connectivity index (χ0n) is 10.6. The topological polar surface area (TPSA) is 61.8 Å². The van der Waals surface area contributed by atoms with Gasteiger partial charge in [0.15, 0.2) is 5.96 Å². The Morgan fingerprint density at radius 1 is 1.61 bits per heavy atom. The lowest BCUT2D eigenvalue weighted by atomic mass is 10.0. The lowest BCUT2D eigenvalue weighted by Gasteiger charge is -2.32. The van der Waals surface area contributed by atoms with Crippen LogP contribution in [0, 0.1) is 0 Å². The van der Waals surface area contributed by atoms with Crippen LogP contribution < -0.4 is 5.73 Å². The summed E-state index contributed by atoms with van der Waals surface area (Å²) in [6.07, 6.45) is 0.999. The van der Waals surface area contributed by atoms with E-state index >= 15 is 0 Å². The average molecular weight is 268 g/mol. The van der Waals surface area contributed by atoms with Crippen molar-refractivity contribution in [2.45, 2.75) is 32.4 Å². The van der Waals surface area contributed by atoms with E-state index in [4.69, 9.17) is 17.3 Å². The van der Waals surface area contributed by atoms with Gasteiger partial charge in [-0.25, -0.2) is 0 Å². The van der Waals surface area contributed by atoms with Crippen molar-refractivity contribution in [2.75, 3.05) is 6.54 Å². The number of halogens is 1. The third-order valence-electron chi connectivity index (χ3n) is 3.45. The fourth-order valence-corrected chi connectivity index (χ4v) is 2.42. The van der Waals surface area contributed by atoms with Gasteiger partial charge in [0, 0.05) is 6.04 Å². The zero-order chi connectivity index (χ0) is 13.3. The van der Waals surface area contributed by atoms with Gasteiger partial charge in [-0.3, -0.25) is 4.99 Å². The normalized spacial score (nSPS) is 20.9. The number of phenols is 1. The van der Waals surface area contributed by atoms with Crippen LogP contribution in [0.1, 0.15) is 31.9 Å². The maximum absolute atomic E-state index is 9.46. The molecule has 1 aromatic carbocycles. The van der Waals surface area contributed by atoms with E-state index in [1.165, 1.54) is 0 Å². The molecule has 0 fully saturated rings.